The number of nitrogens with one attached hydrogen (secondary N) is 1. The summed E-state index contributed by atoms with van der Waals surface area (Å²) in [6.45, 7) is 2.12. The van der Waals surface area contributed by atoms with Crippen molar-refractivity contribution in [3.63, 3.8) is 0 Å². The number of aliphatic hydroxyl groups is 1. The van der Waals surface area contributed by atoms with Crippen LogP contribution in [0.2, 0.25) is 0 Å². The number of carboxylic acid groups (broad SMARTS) is 1. The molecule has 0 spiro atoms. The highest BCUT2D eigenvalue weighted by Gasteiger charge is 2.44. The number of nitrogens with zero attached hydrogens (tertiary/aromatic N) is 1. The fraction of sp³-hybridized carbons (Fsp3) is 0.867. The number of aliphatic hydroxyl groups excluding tert-OH is 1. The van der Waals surface area contributed by atoms with Crippen molar-refractivity contribution in [1.82, 2.24) is 10.2 Å². The summed E-state index contributed by atoms with van der Waals surface area (Å²) >= 11 is 0. The van der Waals surface area contributed by atoms with Gasteiger partial charge in [-0.15, -0.1) is 0 Å². The van der Waals surface area contributed by atoms with Gasteiger partial charge >= 0.3 is 12.0 Å². The topological polar surface area (TPSA) is 89.9 Å². The molecule has 1 aliphatic heterocycles. The third kappa shape index (κ3) is 2.73. The molecule has 6 heteroatoms. The molecule has 2 bridgehead atoms. The Kier molecular flexibility index (Phi) is 3.82. The number of carbonyl (C=O) groups excluding carboxylic acids is 1. The van der Waals surface area contributed by atoms with Crippen molar-refractivity contribution < 1.29 is 19.8 Å². The van der Waals surface area contributed by atoms with Crippen molar-refractivity contribution >= 4 is 12.0 Å². The van der Waals surface area contributed by atoms with Crippen LogP contribution < -0.4 is 5.32 Å². The van der Waals surface area contributed by atoms with E-state index in [1.807, 2.05) is 6.92 Å². The monoisotopic (exact) mass is 296 g/mol. The molecule has 1 heterocycles. The highest BCUT2D eigenvalue weighted by atomic mass is 16.4. The third-order valence-electron chi connectivity index (χ3n) is 5.61. The van der Waals surface area contributed by atoms with E-state index < -0.39 is 18.1 Å². The van der Waals surface area contributed by atoms with Crippen LogP contribution in [0.4, 0.5) is 4.79 Å². The quantitative estimate of drug-likeness (QED) is 0.726. The van der Waals surface area contributed by atoms with Crippen molar-refractivity contribution in [2.45, 2.75) is 57.2 Å². The summed E-state index contributed by atoms with van der Waals surface area (Å²) in [5, 5.41) is 21.7. The van der Waals surface area contributed by atoms with E-state index in [9.17, 15) is 14.7 Å². The molecule has 3 fully saturated rings. The maximum absolute atomic E-state index is 12.3. The Labute approximate surface area is 124 Å². The number of amides is 2. The molecular weight excluding hydrogens is 272 g/mol. The predicted molar refractivity (Wildman–Crippen MR) is 75.7 cm³/mol. The van der Waals surface area contributed by atoms with Gasteiger partial charge in [0, 0.05) is 19.0 Å². The minimum Gasteiger partial charge on any atom is -0.480 e. The number of aliphatic carboxylic acids is 1. The van der Waals surface area contributed by atoms with E-state index in [4.69, 9.17) is 5.11 Å². The van der Waals surface area contributed by atoms with Gasteiger partial charge in [-0.2, -0.15) is 0 Å². The normalized spacial score (nSPS) is 39.5. The predicted octanol–water partition coefficient (Wildman–Crippen LogP) is 1.04. The van der Waals surface area contributed by atoms with E-state index in [0.29, 0.717) is 11.8 Å². The first-order valence-electron chi connectivity index (χ1n) is 7.93. The van der Waals surface area contributed by atoms with Gasteiger partial charge in [-0.3, -0.25) is 0 Å². The van der Waals surface area contributed by atoms with E-state index in [2.05, 4.69) is 5.32 Å². The maximum Gasteiger partial charge on any atom is 0.326 e. The van der Waals surface area contributed by atoms with Crippen LogP contribution in [0.1, 0.15) is 39.0 Å². The molecule has 4 unspecified atom stereocenters. The summed E-state index contributed by atoms with van der Waals surface area (Å²) in [6, 6.07) is -1.19. The van der Waals surface area contributed by atoms with Crippen molar-refractivity contribution in [1.29, 1.82) is 0 Å². The SMILES string of the molecule is CC(NC(=O)N1C[C@H](O)C[C@H]1C(=O)O)C1CC2CCC1C2. The smallest absolute Gasteiger partial charge is 0.326 e. The Morgan fingerprint density at radius 3 is 2.57 bits per heavy atom. The van der Waals surface area contributed by atoms with Crippen LogP contribution >= 0.6 is 0 Å². The maximum atomic E-state index is 12.3. The fourth-order valence-electron chi connectivity index (χ4n) is 4.56. The number of hydrogen-bond donors (Lipinski definition) is 3. The zero-order valence-corrected chi connectivity index (χ0v) is 12.4. The van der Waals surface area contributed by atoms with Crippen molar-refractivity contribution in [3.05, 3.63) is 0 Å². The van der Waals surface area contributed by atoms with Gasteiger partial charge in [0.05, 0.1) is 6.10 Å². The van der Waals surface area contributed by atoms with Crippen LogP contribution in [-0.4, -0.2) is 51.8 Å². The first kappa shape index (κ1) is 14.6. The minimum absolute atomic E-state index is 0.0694. The number of rotatable bonds is 3. The third-order valence-corrected chi connectivity index (χ3v) is 5.61. The van der Waals surface area contributed by atoms with E-state index in [0.717, 1.165) is 5.92 Å². The number of urea groups is 1. The molecule has 2 saturated carbocycles. The number of carbonyl (C=O) groups is 2. The van der Waals surface area contributed by atoms with Crippen LogP contribution in [0.15, 0.2) is 0 Å². The first-order chi connectivity index (χ1) is 9.95. The summed E-state index contributed by atoms with van der Waals surface area (Å²) in [5.41, 5.74) is 0. The molecule has 3 N–H and O–H groups in total. The number of carboxylic acids is 1. The van der Waals surface area contributed by atoms with Gasteiger partial charge in [0.15, 0.2) is 0 Å². The minimum atomic E-state index is -1.05. The largest absolute Gasteiger partial charge is 0.480 e. The Morgan fingerprint density at radius 1 is 1.24 bits per heavy atom. The Balaban J connectivity index is 1.59. The lowest BCUT2D eigenvalue weighted by Crippen LogP contribution is -2.50. The summed E-state index contributed by atoms with van der Waals surface area (Å²) in [6.07, 6.45) is 4.42. The van der Waals surface area contributed by atoms with Crippen molar-refractivity contribution in [3.8, 4) is 0 Å². The molecule has 3 aliphatic rings. The van der Waals surface area contributed by atoms with Crippen LogP contribution in [-0.2, 0) is 4.79 Å². The summed E-state index contributed by atoms with van der Waals surface area (Å²) < 4.78 is 0. The zero-order valence-electron chi connectivity index (χ0n) is 12.4. The highest BCUT2D eigenvalue weighted by Crippen LogP contribution is 2.49. The highest BCUT2D eigenvalue weighted by molar-refractivity contribution is 5.83. The second-order valence-corrected chi connectivity index (χ2v) is 6.97. The Hall–Kier alpha value is -1.30. The average molecular weight is 296 g/mol. The Morgan fingerprint density at radius 2 is 2.00 bits per heavy atom. The van der Waals surface area contributed by atoms with Crippen LogP contribution in [0.3, 0.4) is 0 Å². The second kappa shape index (κ2) is 5.48. The van der Waals surface area contributed by atoms with E-state index in [1.165, 1.54) is 30.6 Å². The van der Waals surface area contributed by atoms with E-state index in [1.54, 1.807) is 0 Å². The first-order valence-corrected chi connectivity index (χ1v) is 7.93. The van der Waals surface area contributed by atoms with Gasteiger partial charge in [-0.25, -0.2) is 9.59 Å². The molecule has 6 atom stereocenters. The lowest BCUT2D eigenvalue weighted by molar-refractivity contribution is -0.141. The second-order valence-electron chi connectivity index (χ2n) is 6.97. The summed E-state index contributed by atoms with van der Waals surface area (Å²) in [5.74, 6) is 1.00. The van der Waals surface area contributed by atoms with Gasteiger partial charge in [-0.05, 0) is 43.9 Å². The molecule has 21 heavy (non-hydrogen) atoms. The van der Waals surface area contributed by atoms with Gasteiger partial charge in [-0.1, -0.05) is 6.42 Å². The molecule has 0 aromatic carbocycles. The lowest BCUT2D eigenvalue weighted by atomic mass is 9.84. The molecule has 0 radical (unpaired) electrons. The Bertz CT molecular complexity index is 441. The lowest BCUT2D eigenvalue weighted by Gasteiger charge is -2.31. The molecule has 1 saturated heterocycles. The van der Waals surface area contributed by atoms with Crippen LogP contribution in [0.25, 0.3) is 0 Å². The molecule has 118 valence electrons. The van der Waals surface area contributed by atoms with Gasteiger partial charge in [0.1, 0.15) is 6.04 Å². The molecule has 2 amide bonds. The number of likely N-dealkylation sites (tertiary alicyclic amines) is 1. The van der Waals surface area contributed by atoms with Crippen LogP contribution in [0.5, 0.6) is 0 Å². The summed E-state index contributed by atoms with van der Waals surface area (Å²) in [4.78, 5) is 24.8. The van der Waals surface area contributed by atoms with Crippen molar-refractivity contribution in [2.75, 3.05) is 6.54 Å². The molecular formula is C15H24N2O4. The summed E-state index contributed by atoms with van der Waals surface area (Å²) in [7, 11) is 0. The molecule has 2 aliphatic carbocycles. The molecule has 3 rings (SSSR count). The van der Waals surface area contributed by atoms with Gasteiger partial charge in [0.2, 0.25) is 0 Å². The number of fused-ring (bicyclic) bond motifs is 2. The van der Waals surface area contributed by atoms with E-state index in [-0.39, 0.29) is 25.0 Å². The standard InChI is InChI=1S/C15H24N2O4/c1-8(12-5-9-2-3-10(12)4-9)16-15(21)17-7-11(18)6-13(17)14(19)20/h8-13,18H,2-7H2,1H3,(H,16,21)(H,19,20)/t8?,9?,10?,11-,12?,13+/m1/s1. The van der Waals surface area contributed by atoms with Gasteiger partial charge < -0.3 is 20.4 Å². The average Bonchev–Trinajstić information content (AvgIpc) is 3.12. The van der Waals surface area contributed by atoms with Crippen molar-refractivity contribution in [2.24, 2.45) is 17.8 Å². The number of hydrogen-bond acceptors (Lipinski definition) is 3. The fourth-order valence-corrected chi connectivity index (χ4v) is 4.56. The zero-order chi connectivity index (χ0) is 15.1. The van der Waals surface area contributed by atoms with Crippen LogP contribution in [0, 0.1) is 17.8 Å². The molecule has 0 aromatic heterocycles. The number of β-amino-alcohol motifs (C(OH)–C–C–N with tert-alkyl or cyclic N) is 1. The van der Waals surface area contributed by atoms with E-state index >= 15 is 0 Å². The molecule has 6 nitrogen and oxygen atoms in total. The van der Waals surface area contributed by atoms with Gasteiger partial charge in [0.25, 0.3) is 0 Å². The molecule has 0 aromatic rings.